The maximum absolute atomic E-state index is 14.1. The fourth-order valence-corrected chi connectivity index (χ4v) is 3.88. The van der Waals surface area contributed by atoms with Crippen molar-refractivity contribution in [2.45, 2.75) is 13.0 Å². The summed E-state index contributed by atoms with van der Waals surface area (Å²) in [5.41, 5.74) is 3.54. The number of hydrogen-bond acceptors (Lipinski definition) is 6. The van der Waals surface area contributed by atoms with Crippen molar-refractivity contribution >= 4 is 5.91 Å². The van der Waals surface area contributed by atoms with Crippen molar-refractivity contribution in [3.8, 4) is 29.0 Å². The van der Waals surface area contributed by atoms with Crippen LogP contribution in [0.25, 0.3) is 23.0 Å². The monoisotopic (exact) mass is 428 g/mol. The third-order valence-corrected chi connectivity index (χ3v) is 5.53. The molecule has 5 rings (SSSR count). The number of carbonyl (C=O) groups excluding carboxylic acids is 1. The normalized spacial score (nSPS) is 13.0. The first kappa shape index (κ1) is 19.6. The molecule has 9 heteroatoms. The third-order valence-electron chi connectivity index (χ3n) is 5.53. The van der Waals surface area contributed by atoms with Crippen LogP contribution in [0.15, 0.2) is 53.1 Å². The summed E-state index contributed by atoms with van der Waals surface area (Å²) in [7, 11) is 1.83. The zero-order chi connectivity index (χ0) is 22.2. The molecule has 1 amide bonds. The summed E-state index contributed by atoms with van der Waals surface area (Å²) in [6.07, 6.45) is 0.620. The van der Waals surface area contributed by atoms with Gasteiger partial charge in [-0.2, -0.15) is 15.3 Å². The number of halogens is 1. The van der Waals surface area contributed by atoms with Gasteiger partial charge in [-0.3, -0.25) is 9.48 Å². The van der Waals surface area contributed by atoms with Gasteiger partial charge >= 0.3 is 0 Å². The molecule has 4 aromatic rings. The number of fused-ring (bicyclic) bond motifs is 1. The van der Waals surface area contributed by atoms with Crippen molar-refractivity contribution in [3.05, 3.63) is 76.7 Å². The summed E-state index contributed by atoms with van der Waals surface area (Å²) >= 11 is 0. The molecule has 8 nitrogen and oxygen atoms in total. The zero-order valence-corrected chi connectivity index (χ0v) is 17.1. The molecule has 32 heavy (non-hydrogen) atoms. The maximum atomic E-state index is 14.1. The van der Waals surface area contributed by atoms with E-state index in [0.717, 1.165) is 11.3 Å². The molecule has 0 atom stereocenters. The first-order valence-electron chi connectivity index (χ1n) is 9.98. The Balaban J connectivity index is 1.46. The first-order valence-corrected chi connectivity index (χ1v) is 9.98. The molecular formula is C23H17FN6O2. The predicted octanol–water partition coefficient (Wildman–Crippen LogP) is 3.35. The van der Waals surface area contributed by atoms with Crippen LogP contribution in [0.1, 0.15) is 27.2 Å². The lowest BCUT2D eigenvalue weighted by Gasteiger charge is -2.27. The fraction of sp³-hybridized carbons (Fsp3) is 0.174. The first-order chi connectivity index (χ1) is 15.5. The molecule has 0 unspecified atom stereocenters. The Bertz CT molecular complexity index is 1370. The summed E-state index contributed by atoms with van der Waals surface area (Å²) in [6.45, 7) is 0.865. The highest BCUT2D eigenvalue weighted by molar-refractivity contribution is 5.94. The number of carbonyl (C=O) groups is 1. The Morgan fingerprint density at radius 1 is 1.19 bits per heavy atom. The van der Waals surface area contributed by atoms with E-state index in [4.69, 9.17) is 9.78 Å². The average Bonchev–Trinajstić information content (AvgIpc) is 3.43. The highest BCUT2D eigenvalue weighted by Gasteiger charge is 2.30. The van der Waals surface area contributed by atoms with Gasteiger partial charge in [0, 0.05) is 36.8 Å². The molecule has 0 radical (unpaired) electrons. The van der Waals surface area contributed by atoms with Crippen LogP contribution in [0, 0.1) is 17.1 Å². The van der Waals surface area contributed by atoms with Gasteiger partial charge in [-0.25, -0.2) is 4.39 Å². The largest absolute Gasteiger partial charge is 0.334 e. The number of aromatic nitrogens is 4. The summed E-state index contributed by atoms with van der Waals surface area (Å²) in [4.78, 5) is 19.1. The van der Waals surface area contributed by atoms with Gasteiger partial charge in [0.25, 0.3) is 11.8 Å². The Hall–Kier alpha value is -4.32. The fourth-order valence-electron chi connectivity index (χ4n) is 3.88. The minimum atomic E-state index is -0.443. The van der Waals surface area contributed by atoms with E-state index >= 15 is 0 Å². The van der Waals surface area contributed by atoms with Crippen LogP contribution < -0.4 is 0 Å². The molecule has 0 saturated carbocycles. The standard InChI is InChI=1S/C23H17FN6O2/c1-29-19-10-11-30(23(31)15-8-6-14(12-25)7-9-15)13-17(19)20(27-29)22-26-21(28-32-22)16-4-2-3-5-18(16)24/h2-9H,10-11,13H2,1H3. The molecule has 0 N–H and O–H groups in total. The molecule has 158 valence electrons. The maximum Gasteiger partial charge on any atom is 0.279 e. The van der Waals surface area contributed by atoms with Gasteiger partial charge in [-0.15, -0.1) is 0 Å². The molecule has 0 bridgehead atoms. The number of amides is 1. The van der Waals surface area contributed by atoms with E-state index in [1.807, 2.05) is 13.1 Å². The molecule has 1 aliphatic rings. The Morgan fingerprint density at radius 3 is 2.72 bits per heavy atom. The third kappa shape index (κ3) is 3.32. The molecule has 3 heterocycles. The van der Waals surface area contributed by atoms with Gasteiger partial charge in [0.2, 0.25) is 5.82 Å². The number of hydrogen-bond donors (Lipinski definition) is 0. The quantitative estimate of drug-likeness (QED) is 0.496. The van der Waals surface area contributed by atoms with Crippen molar-refractivity contribution < 1.29 is 13.7 Å². The lowest BCUT2D eigenvalue weighted by Crippen LogP contribution is -2.36. The van der Waals surface area contributed by atoms with Crippen molar-refractivity contribution in [3.63, 3.8) is 0 Å². The second kappa shape index (κ2) is 7.74. The topological polar surface area (TPSA) is 101 Å². The van der Waals surface area contributed by atoms with E-state index in [0.29, 0.717) is 36.3 Å². The van der Waals surface area contributed by atoms with Crippen molar-refractivity contribution in [1.82, 2.24) is 24.8 Å². The van der Waals surface area contributed by atoms with Crippen LogP contribution in [-0.2, 0) is 20.0 Å². The van der Waals surface area contributed by atoms with E-state index < -0.39 is 5.82 Å². The van der Waals surface area contributed by atoms with E-state index in [-0.39, 0.29) is 23.2 Å². The number of nitrogens with zero attached hydrogens (tertiary/aromatic N) is 6. The van der Waals surface area contributed by atoms with Crippen LogP contribution in [0.4, 0.5) is 4.39 Å². The smallest absolute Gasteiger partial charge is 0.279 e. The summed E-state index contributed by atoms with van der Waals surface area (Å²) < 4.78 is 21.3. The van der Waals surface area contributed by atoms with E-state index in [9.17, 15) is 9.18 Å². The van der Waals surface area contributed by atoms with Crippen molar-refractivity contribution in [2.75, 3.05) is 6.54 Å². The summed E-state index contributed by atoms with van der Waals surface area (Å²) in [5.74, 6) is -0.263. The number of aryl methyl sites for hydroxylation is 1. The lowest BCUT2D eigenvalue weighted by atomic mass is 10.0. The minimum absolute atomic E-state index is 0.132. The predicted molar refractivity (Wildman–Crippen MR) is 111 cm³/mol. The highest BCUT2D eigenvalue weighted by atomic mass is 19.1. The van der Waals surface area contributed by atoms with Crippen LogP contribution >= 0.6 is 0 Å². The highest BCUT2D eigenvalue weighted by Crippen LogP contribution is 2.31. The number of rotatable bonds is 3. The molecule has 2 aromatic heterocycles. The SMILES string of the molecule is Cn1nc(-c2nc(-c3ccccc3F)no2)c2c1CCN(C(=O)c1ccc(C#N)cc1)C2. The van der Waals surface area contributed by atoms with Crippen LogP contribution in [0.2, 0.25) is 0 Å². The van der Waals surface area contributed by atoms with Gasteiger partial charge in [0.1, 0.15) is 5.82 Å². The Labute approximate surface area is 182 Å². The Kier molecular flexibility index (Phi) is 4.75. The van der Waals surface area contributed by atoms with Crippen molar-refractivity contribution in [2.24, 2.45) is 7.05 Å². The van der Waals surface area contributed by atoms with E-state index in [2.05, 4.69) is 15.2 Å². The van der Waals surface area contributed by atoms with Crippen molar-refractivity contribution in [1.29, 1.82) is 5.26 Å². The molecule has 0 aliphatic carbocycles. The Morgan fingerprint density at radius 2 is 1.97 bits per heavy atom. The van der Waals surface area contributed by atoms with Gasteiger partial charge in [0.05, 0.1) is 23.7 Å². The molecule has 1 aliphatic heterocycles. The van der Waals surface area contributed by atoms with Crippen LogP contribution in [0.5, 0.6) is 0 Å². The average molecular weight is 428 g/mol. The van der Waals surface area contributed by atoms with E-state index in [1.54, 1.807) is 52.0 Å². The number of benzene rings is 2. The van der Waals surface area contributed by atoms with E-state index in [1.165, 1.54) is 6.07 Å². The second-order valence-electron chi connectivity index (χ2n) is 7.47. The van der Waals surface area contributed by atoms with Crippen LogP contribution in [0.3, 0.4) is 0 Å². The molecule has 0 saturated heterocycles. The zero-order valence-electron chi connectivity index (χ0n) is 17.1. The molecule has 0 fully saturated rings. The number of nitriles is 1. The van der Waals surface area contributed by atoms with Gasteiger partial charge in [0.15, 0.2) is 5.69 Å². The molecule has 2 aromatic carbocycles. The molecule has 0 spiro atoms. The van der Waals surface area contributed by atoms with Gasteiger partial charge in [-0.05, 0) is 36.4 Å². The van der Waals surface area contributed by atoms with Gasteiger partial charge in [-0.1, -0.05) is 17.3 Å². The van der Waals surface area contributed by atoms with Gasteiger partial charge < -0.3 is 9.42 Å². The molecular weight excluding hydrogens is 411 g/mol. The van der Waals surface area contributed by atoms with Crippen LogP contribution in [-0.4, -0.2) is 37.3 Å². The minimum Gasteiger partial charge on any atom is -0.334 e. The lowest BCUT2D eigenvalue weighted by molar-refractivity contribution is 0.0733. The summed E-state index contributed by atoms with van der Waals surface area (Å²) in [5, 5.41) is 17.4. The second-order valence-corrected chi connectivity index (χ2v) is 7.47. The summed E-state index contributed by atoms with van der Waals surface area (Å²) in [6, 6.07) is 14.8.